The topological polar surface area (TPSA) is 26.0 Å². The molecule has 2 fully saturated rings. The van der Waals surface area contributed by atoms with Crippen molar-refractivity contribution >= 4 is 12.4 Å². The Morgan fingerprint density at radius 2 is 2.18 bits per heavy atom. The number of halogens is 1. The molecule has 0 aromatic carbocycles. The van der Waals surface area contributed by atoms with E-state index in [2.05, 4.69) is 6.92 Å². The zero-order valence-electron chi connectivity index (χ0n) is 7.18. The van der Waals surface area contributed by atoms with Gasteiger partial charge in [0.25, 0.3) is 0 Å². The molecule has 0 saturated heterocycles. The number of nitrogens with two attached hydrogens (primary N) is 1. The standard InChI is InChI=1S/C9H17N.ClH/c1-7(10)9-5-3-2-4-8(9)6-9;/h7-8H,2-6,10H2,1H3;1H. The van der Waals surface area contributed by atoms with Crippen LogP contribution in [0.1, 0.15) is 39.0 Å². The molecule has 66 valence electrons. The summed E-state index contributed by atoms with van der Waals surface area (Å²) < 4.78 is 0. The maximum absolute atomic E-state index is 5.94. The van der Waals surface area contributed by atoms with Gasteiger partial charge in [-0.05, 0) is 37.5 Å². The van der Waals surface area contributed by atoms with Crippen molar-refractivity contribution in [2.75, 3.05) is 0 Å². The quantitative estimate of drug-likeness (QED) is 0.651. The molecule has 0 bridgehead atoms. The van der Waals surface area contributed by atoms with Crippen molar-refractivity contribution < 1.29 is 0 Å². The molecule has 11 heavy (non-hydrogen) atoms. The Hall–Kier alpha value is 0.250. The van der Waals surface area contributed by atoms with Gasteiger partial charge in [-0.1, -0.05) is 12.8 Å². The summed E-state index contributed by atoms with van der Waals surface area (Å²) in [6.07, 6.45) is 7.19. The predicted octanol–water partition coefficient (Wildman–Crippen LogP) is 2.34. The van der Waals surface area contributed by atoms with E-state index in [1.54, 1.807) is 0 Å². The maximum atomic E-state index is 5.94. The Balaban J connectivity index is 0.000000605. The highest BCUT2D eigenvalue weighted by molar-refractivity contribution is 5.85. The van der Waals surface area contributed by atoms with Gasteiger partial charge in [0.2, 0.25) is 0 Å². The van der Waals surface area contributed by atoms with Crippen LogP contribution < -0.4 is 5.73 Å². The third-order valence-electron chi connectivity index (χ3n) is 3.63. The largest absolute Gasteiger partial charge is 0.327 e. The Labute approximate surface area is 75.1 Å². The number of hydrogen-bond donors (Lipinski definition) is 1. The zero-order valence-corrected chi connectivity index (χ0v) is 7.99. The van der Waals surface area contributed by atoms with Crippen LogP contribution in [-0.4, -0.2) is 6.04 Å². The lowest BCUT2D eigenvalue weighted by Gasteiger charge is -2.25. The Morgan fingerprint density at radius 3 is 2.64 bits per heavy atom. The summed E-state index contributed by atoms with van der Waals surface area (Å²) in [5.74, 6) is 1.02. The average Bonchev–Trinajstić information content (AvgIpc) is 2.61. The molecular formula is C9H18ClN. The van der Waals surface area contributed by atoms with E-state index in [9.17, 15) is 0 Å². The molecule has 2 aliphatic carbocycles. The number of rotatable bonds is 1. The summed E-state index contributed by atoms with van der Waals surface area (Å²) in [6.45, 7) is 2.19. The summed E-state index contributed by atoms with van der Waals surface area (Å²) in [4.78, 5) is 0. The molecule has 2 saturated carbocycles. The first kappa shape index (κ1) is 9.34. The van der Waals surface area contributed by atoms with Crippen molar-refractivity contribution in [2.45, 2.75) is 45.1 Å². The second-order valence-corrected chi connectivity index (χ2v) is 4.17. The fourth-order valence-corrected chi connectivity index (χ4v) is 2.73. The lowest BCUT2D eigenvalue weighted by Crippen LogP contribution is -2.31. The van der Waals surface area contributed by atoms with Crippen molar-refractivity contribution in [3.05, 3.63) is 0 Å². The lowest BCUT2D eigenvalue weighted by molar-refractivity contribution is 0.292. The minimum atomic E-state index is 0. The third kappa shape index (κ3) is 1.29. The van der Waals surface area contributed by atoms with E-state index in [1.165, 1.54) is 32.1 Å². The van der Waals surface area contributed by atoms with Gasteiger partial charge in [-0.2, -0.15) is 0 Å². The van der Waals surface area contributed by atoms with Crippen LogP contribution in [0.4, 0.5) is 0 Å². The lowest BCUT2D eigenvalue weighted by atomic mass is 9.84. The first-order chi connectivity index (χ1) is 4.76. The highest BCUT2D eigenvalue weighted by Crippen LogP contribution is 2.62. The van der Waals surface area contributed by atoms with E-state index in [0.717, 1.165) is 5.92 Å². The number of fused-ring (bicyclic) bond motifs is 1. The SMILES string of the molecule is CC(N)C12CCCCC1C2.Cl. The molecule has 2 N–H and O–H groups in total. The van der Waals surface area contributed by atoms with Crippen molar-refractivity contribution in [2.24, 2.45) is 17.1 Å². The molecule has 0 aromatic heterocycles. The summed E-state index contributed by atoms with van der Waals surface area (Å²) in [5.41, 5.74) is 6.57. The highest BCUT2D eigenvalue weighted by atomic mass is 35.5. The zero-order chi connectivity index (χ0) is 7.19. The van der Waals surface area contributed by atoms with Gasteiger partial charge in [0, 0.05) is 6.04 Å². The van der Waals surface area contributed by atoms with Crippen molar-refractivity contribution in [3.63, 3.8) is 0 Å². The van der Waals surface area contributed by atoms with Crippen molar-refractivity contribution in [1.82, 2.24) is 0 Å². The van der Waals surface area contributed by atoms with Gasteiger partial charge in [0.15, 0.2) is 0 Å². The second-order valence-electron chi connectivity index (χ2n) is 4.17. The van der Waals surface area contributed by atoms with Crippen LogP contribution in [0.3, 0.4) is 0 Å². The van der Waals surface area contributed by atoms with Gasteiger partial charge in [-0.25, -0.2) is 0 Å². The van der Waals surface area contributed by atoms with Crippen LogP contribution in [0.5, 0.6) is 0 Å². The van der Waals surface area contributed by atoms with Gasteiger partial charge in [-0.15, -0.1) is 12.4 Å². The molecule has 2 heteroatoms. The molecule has 0 amide bonds. The molecule has 0 heterocycles. The molecular weight excluding hydrogens is 158 g/mol. The van der Waals surface area contributed by atoms with Crippen molar-refractivity contribution in [3.8, 4) is 0 Å². The average molecular weight is 176 g/mol. The fraction of sp³-hybridized carbons (Fsp3) is 1.00. The summed E-state index contributed by atoms with van der Waals surface area (Å²) in [5, 5.41) is 0. The minimum Gasteiger partial charge on any atom is -0.327 e. The highest BCUT2D eigenvalue weighted by Gasteiger charge is 2.56. The molecule has 1 nitrogen and oxygen atoms in total. The van der Waals surface area contributed by atoms with Crippen LogP contribution in [0.25, 0.3) is 0 Å². The van der Waals surface area contributed by atoms with Crippen LogP contribution in [0.15, 0.2) is 0 Å². The third-order valence-corrected chi connectivity index (χ3v) is 3.63. The summed E-state index contributed by atoms with van der Waals surface area (Å²) >= 11 is 0. The predicted molar refractivity (Wildman–Crippen MR) is 49.9 cm³/mol. The molecule has 0 aliphatic heterocycles. The first-order valence-electron chi connectivity index (χ1n) is 4.51. The molecule has 2 rings (SSSR count). The monoisotopic (exact) mass is 175 g/mol. The van der Waals surface area contributed by atoms with Gasteiger partial charge in [0.1, 0.15) is 0 Å². The number of hydrogen-bond acceptors (Lipinski definition) is 1. The second kappa shape index (κ2) is 2.95. The molecule has 0 radical (unpaired) electrons. The Morgan fingerprint density at radius 1 is 1.45 bits per heavy atom. The van der Waals surface area contributed by atoms with Crippen LogP contribution >= 0.6 is 12.4 Å². The van der Waals surface area contributed by atoms with Crippen LogP contribution in [0, 0.1) is 11.3 Å². The molecule has 3 atom stereocenters. The van der Waals surface area contributed by atoms with Gasteiger partial charge >= 0.3 is 0 Å². The normalized spacial score (nSPS) is 43.6. The van der Waals surface area contributed by atoms with Gasteiger partial charge < -0.3 is 5.73 Å². The molecule has 2 aliphatic rings. The van der Waals surface area contributed by atoms with E-state index >= 15 is 0 Å². The first-order valence-corrected chi connectivity index (χ1v) is 4.51. The van der Waals surface area contributed by atoms with E-state index < -0.39 is 0 Å². The Bertz CT molecular complexity index is 146. The van der Waals surface area contributed by atoms with E-state index in [1.807, 2.05) is 0 Å². The Kier molecular flexibility index (Phi) is 2.50. The van der Waals surface area contributed by atoms with Crippen LogP contribution in [0.2, 0.25) is 0 Å². The van der Waals surface area contributed by atoms with Crippen molar-refractivity contribution in [1.29, 1.82) is 0 Å². The molecule has 0 spiro atoms. The summed E-state index contributed by atoms with van der Waals surface area (Å²) in [6, 6.07) is 0.456. The summed E-state index contributed by atoms with van der Waals surface area (Å²) in [7, 11) is 0. The van der Waals surface area contributed by atoms with E-state index in [0.29, 0.717) is 11.5 Å². The molecule has 0 aromatic rings. The maximum Gasteiger partial charge on any atom is 0.00697 e. The van der Waals surface area contributed by atoms with Crippen LogP contribution in [-0.2, 0) is 0 Å². The molecule has 3 unspecified atom stereocenters. The van der Waals surface area contributed by atoms with E-state index in [4.69, 9.17) is 5.73 Å². The fourth-order valence-electron chi connectivity index (χ4n) is 2.73. The van der Waals surface area contributed by atoms with Gasteiger partial charge in [-0.3, -0.25) is 0 Å². The van der Waals surface area contributed by atoms with Gasteiger partial charge in [0.05, 0.1) is 0 Å². The smallest absolute Gasteiger partial charge is 0.00697 e. The minimum absolute atomic E-state index is 0. The van der Waals surface area contributed by atoms with E-state index in [-0.39, 0.29) is 12.4 Å².